The van der Waals surface area contributed by atoms with Crippen LogP contribution in [0.4, 0.5) is 0 Å². The molecule has 0 radical (unpaired) electrons. The highest BCUT2D eigenvalue weighted by Crippen LogP contribution is 2.13. The van der Waals surface area contributed by atoms with Gasteiger partial charge < -0.3 is 11.1 Å². The van der Waals surface area contributed by atoms with Crippen molar-refractivity contribution in [2.24, 2.45) is 5.73 Å². The van der Waals surface area contributed by atoms with E-state index >= 15 is 0 Å². The topological polar surface area (TPSA) is 90.0 Å². The number of nitrogens with one attached hydrogen (secondary N) is 1. The van der Waals surface area contributed by atoms with Gasteiger partial charge in [-0.25, -0.2) is 4.68 Å². The molecule has 0 spiro atoms. The predicted octanol–water partition coefficient (Wildman–Crippen LogP) is 1.45. The Balaban J connectivity index is 0.00000264. The fourth-order valence-electron chi connectivity index (χ4n) is 2.48. The van der Waals surface area contributed by atoms with E-state index in [0.717, 1.165) is 18.2 Å². The number of carbonyl (C=O) groups is 1. The van der Waals surface area contributed by atoms with Gasteiger partial charge in [0, 0.05) is 11.9 Å². The normalized spacial score (nSPS) is 11.1. The largest absolute Gasteiger partial charge is 0.348 e. The van der Waals surface area contributed by atoms with Crippen molar-refractivity contribution >= 4 is 29.1 Å². The van der Waals surface area contributed by atoms with Gasteiger partial charge in [-0.05, 0) is 18.9 Å². The molecule has 1 heterocycles. The van der Waals surface area contributed by atoms with Gasteiger partial charge in [0.05, 0.1) is 17.1 Å². The van der Waals surface area contributed by atoms with Crippen molar-refractivity contribution < 1.29 is 4.79 Å². The van der Waals surface area contributed by atoms with Crippen molar-refractivity contribution in [3.05, 3.63) is 40.8 Å². The number of amides is 1. The maximum absolute atomic E-state index is 12.3. The predicted molar refractivity (Wildman–Crippen MR) is 93.8 cm³/mol. The van der Waals surface area contributed by atoms with Gasteiger partial charge in [-0.1, -0.05) is 32.0 Å². The number of benzene rings is 1. The van der Waals surface area contributed by atoms with E-state index in [1.165, 1.54) is 4.68 Å². The van der Waals surface area contributed by atoms with Gasteiger partial charge >= 0.3 is 0 Å². The second-order valence-electron chi connectivity index (χ2n) is 5.43. The lowest BCUT2D eigenvalue weighted by molar-refractivity contribution is -0.123. The minimum Gasteiger partial charge on any atom is -0.348 e. The second kappa shape index (κ2) is 8.08. The number of hydrogen-bond acceptors (Lipinski definition) is 4. The summed E-state index contributed by atoms with van der Waals surface area (Å²) in [7, 11) is 0. The van der Waals surface area contributed by atoms with Crippen LogP contribution in [0.3, 0.4) is 0 Å². The Labute approximate surface area is 141 Å². The quantitative estimate of drug-likeness (QED) is 0.834. The van der Waals surface area contributed by atoms with Crippen LogP contribution in [0.5, 0.6) is 0 Å². The fraction of sp³-hybridized carbons (Fsp3) is 0.438. The molecule has 3 N–H and O–H groups in total. The molecule has 0 unspecified atom stereocenters. The van der Waals surface area contributed by atoms with Crippen molar-refractivity contribution in [3.8, 4) is 0 Å². The lowest BCUT2D eigenvalue weighted by atomic mass is 9.93. The minimum atomic E-state index is -0.419. The van der Waals surface area contributed by atoms with Gasteiger partial charge in [-0.15, -0.1) is 12.4 Å². The SMILES string of the molecule is CCC(CC)(CN)NC(=O)Cn1ncc2ccccc2c1=O.Cl. The van der Waals surface area contributed by atoms with Crippen molar-refractivity contribution in [3.63, 3.8) is 0 Å². The highest BCUT2D eigenvalue weighted by atomic mass is 35.5. The molecule has 0 saturated heterocycles. The van der Waals surface area contributed by atoms with E-state index in [4.69, 9.17) is 5.73 Å². The first kappa shape index (κ1) is 19.1. The third-order valence-electron chi connectivity index (χ3n) is 4.20. The Morgan fingerprint density at radius 3 is 2.57 bits per heavy atom. The number of fused-ring (bicyclic) bond motifs is 1. The number of aromatic nitrogens is 2. The van der Waals surface area contributed by atoms with Gasteiger partial charge in [0.2, 0.25) is 5.91 Å². The van der Waals surface area contributed by atoms with Gasteiger partial charge in [-0.2, -0.15) is 5.10 Å². The number of rotatable bonds is 6. The van der Waals surface area contributed by atoms with Gasteiger partial charge in [0.25, 0.3) is 5.56 Å². The molecule has 126 valence electrons. The fourth-order valence-corrected chi connectivity index (χ4v) is 2.48. The Morgan fingerprint density at radius 1 is 1.30 bits per heavy atom. The first-order valence-corrected chi connectivity index (χ1v) is 7.51. The molecule has 0 aliphatic heterocycles. The zero-order chi connectivity index (χ0) is 16.2. The van der Waals surface area contributed by atoms with E-state index in [-0.39, 0.29) is 30.4 Å². The number of nitrogens with two attached hydrogens (primary N) is 1. The van der Waals surface area contributed by atoms with Crippen molar-refractivity contribution in [1.82, 2.24) is 15.1 Å². The molecule has 0 saturated carbocycles. The van der Waals surface area contributed by atoms with E-state index in [9.17, 15) is 9.59 Å². The summed E-state index contributed by atoms with van der Waals surface area (Å²) in [5, 5.41) is 8.33. The summed E-state index contributed by atoms with van der Waals surface area (Å²) < 4.78 is 1.18. The molecule has 0 bridgehead atoms. The summed E-state index contributed by atoms with van der Waals surface area (Å²) in [5.74, 6) is -0.251. The highest BCUT2D eigenvalue weighted by Gasteiger charge is 2.26. The molecule has 2 rings (SSSR count). The summed E-state index contributed by atoms with van der Waals surface area (Å²) in [6.07, 6.45) is 3.08. The van der Waals surface area contributed by atoms with E-state index in [0.29, 0.717) is 11.9 Å². The lowest BCUT2D eigenvalue weighted by Crippen LogP contribution is -2.54. The van der Waals surface area contributed by atoms with Crippen LogP contribution in [0.1, 0.15) is 26.7 Å². The Morgan fingerprint density at radius 2 is 1.96 bits per heavy atom. The van der Waals surface area contributed by atoms with Crippen LogP contribution in [-0.4, -0.2) is 27.8 Å². The van der Waals surface area contributed by atoms with E-state index < -0.39 is 5.54 Å². The second-order valence-corrected chi connectivity index (χ2v) is 5.43. The van der Waals surface area contributed by atoms with Crippen LogP contribution in [0.2, 0.25) is 0 Å². The first-order valence-electron chi connectivity index (χ1n) is 7.51. The molecular formula is C16H23ClN4O2. The molecule has 1 aromatic heterocycles. The molecule has 0 atom stereocenters. The monoisotopic (exact) mass is 338 g/mol. The first-order chi connectivity index (χ1) is 10.5. The van der Waals surface area contributed by atoms with Crippen molar-refractivity contribution in [1.29, 1.82) is 0 Å². The van der Waals surface area contributed by atoms with E-state index in [1.54, 1.807) is 18.3 Å². The molecule has 7 heteroatoms. The van der Waals surface area contributed by atoms with Crippen molar-refractivity contribution in [2.75, 3.05) is 6.54 Å². The average molecular weight is 339 g/mol. The molecule has 0 aliphatic rings. The standard InChI is InChI=1S/C16H22N4O2.ClH/c1-3-16(4-2,11-17)19-14(21)10-20-15(22)13-8-6-5-7-12(13)9-18-20;/h5-9H,3-4,10-11,17H2,1-2H3,(H,19,21);1H. The summed E-state index contributed by atoms with van der Waals surface area (Å²) in [4.78, 5) is 24.6. The number of hydrogen-bond donors (Lipinski definition) is 2. The Hall–Kier alpha value is -1.92. The van der Waals surface area contributed by atoms with Gasteiger partial charge in [0.1, 0.15) is 6.54 Å². The zero-order valence-electron chi connectivity index (χ0n) is 13.4. The maximum atomic E-state index is 12.3. The molecule has 0 fully saturated rings. The van der Waals surface area contributed by atoms with E-state index in [2.05, 4.69) is 10.4 Å². The van der Waals surface area contributed by atoms with Crippen LogP contribution in [0.25, 0.3) is 10.8 Å². The summed E-state index contributed by atoms with van der Waals surface area (Å²) >= 11 is 0. The van der Waals surface area contributed by atoms with Crippen LogP contribution in [0, 0.1) is 0 Å². The van der Waals surface area contributed by atoms with Crippen LogP contribution in [0.15, 0.2) is 35.3 Å². The Kier molecular flexibility index (Phi) is 6.72. The Bertz CT molecular complexity index is 717. The molecule has 1 aromatic carbocycles. The molecule has 0 aliphatic carbocycles. The zero-order valence-corrected chi connectivity index (χ0v) is 14.2. The molecular weight excluding hydrogens is 316 g/mol. The average Bonchev–Trinajstić information content (AvgIpc) is 2.55. The number of nitrogens with zero attached hydrogens (tertiary/aromatic N) is 2. The van der Waals surface area contributed by atoms with Crippen LogP contribution >= 0.6 is 12.4 Å². The van der Waals surface area contributed by atoms with Gasteiger partial charge in [-0.3, -0.25) is 9.59 Å². The molecule has 23 heavy (non-hydrogen) atoms. The van der Waals surface area contributed by atoms with Crippen molar-refractivity contribution in [2.45, 2.75) is 38.8 Å². The maximum Gasteiger partial charge on any atom is 0.275 e. The molecule has 1 amide bonds. The highest BCUT2D eigenvalue weighted by molar-refractivity contribution is 5.85. The van der Waals surface area contributed by atoms with Gasteiger partial charge in [0.15, 0.2) is 0 Å². The van der Waals surface area contributed by atoms with E-state index in [1.807, 2.05) is 26.0 Å². The number of carbonyl (C=O) groups excluding carboxylic acids is 1. The third kappa shape index (κ3) is 4.09. The number of halogens is 1. The third-order valence-corrected chi connectivity index (χ3v) is 4.20. The molecule has 2 aromatic rings. The summed E-state index contributed by atoms with van der Waals surface area (Å²) in [6.45, 7) is 4.23. The smallest absolute Gasteiger partial charge is 0.275 e. The molecule has 6 nitrogen and oxygen atoms in total. The minimum absolute atomic E-state index is 0. The summed E-state index contributed by atoms with van der Waals surface area (Å²) in [6, 6.07) is 7.19. The summed E-state index contributed by atoms with van der Waals surface area (Å²) in [5.41, 5.74) is 5.09. The lowest BCUT2D eigenvalue weighted by Gasteiger charge is -2.31. The van der Waals surface area contributed by atoms with Crippen LogP contribution < -0.4 is 16.6 Å². The van der Waals surface area contributed by atoms with Crippen LogP contribution in [-0.2, 0) is 11.3 Å².